The summed E-state index contributed by atoms with van der Waals surface area (Å²) in [6.07, 6.45) is -2.55. The lowest BCUT2D eigenvalue weighted by atomic mass is 9.95. The highest BCUT2D eigenvalue weighted by molar-refractivity contribution is 5.75. The second-order valence-corrected chi connectivity index (χ2v) is 11.6. The molecule has 15 nitrogen and oxygen atoms in total. The summed E-state index contributed by atoms with van der Waals surface area (Å²) >= 11 is 0. The molecular formula is C28H40N6O9. The number of hydrogen-bond donors (Lipinski definition) is 3. The number of fused-ring (bicyclic) bond motifs is 1. The van der Waals surface area contributed by atoms with Crippen LogP contribution in [0.25, 0.3) is 5.52 Å². The molecule has 1 aliphatic rings. The van der Waals surface area contributed by atoms with Gasteiger partial charge in [0, 0.05) is 0 Å². The average Bonchev–Trinajstić information content (AvgIpc) is 3.49. The Balaban J connectivity index is 1.92. The van der Waals surface area contributed by atoms with E-state index in [1.165, 1.54) is 31.6 Å². The van der Waals surface area contributed by atoms with Gasteiger partial charge in [0.15, 0.2) is 18.0 Å². The van der Waals surface area contributed by atoms with Crippen molar-refractivity contribution >= 4 is 29.2 Å². The van der Waals surface area contributed by atoms with Gasteiger partial charge in [0.1, 0.15) is 36.7 Å². The first-order valence-corrected chi connectivity index (χ1v) is 13.9. The third-order valence-corrected chi connectivity index (χ3v) is 6.55. The van der Waals surface area contributed by atoms with E-state index in [1.54, 1.807) is 39.8 Å². The number of anilines is 1. The van der Waals surface area contributed by atoms with Crippen molar-refractivity contribution in [2.45, 2.75) is 84.0 Å². The van der Waals surface area contributed by atoms with Gasteiger partial charge >= 0.3 is 17.9 Å². The highest BCUT2D eigenvalue weighted by atomic mass is 16.7. The molecule has 43 heavy (non-hydrogen) atoms. The number of rotatable bonds is 13. The van der Waals surface area contributed by atoms with Gasteiger partial charge in [-0.25, -0.2) is 9.50 Å². The van der Waals surface area contributed by atoms with Crippen molar-refractivity contribution in [1.82, 2.24) is 19.9 Å². The molecule has 4 N–H and O–H groups in total. The molecule has 0 amide bonds. The summed E-state index contributed by atoms with van der Waals surface area (Å²) in [6, 6.07) is 4.55. The van der Waals surface area contributed by atoms with Crippen LogP contribution in [-0.4, -0.2) is 87.0 Å². The van der Waals surface area contributed by atoms with Gasteiger partial charge in [0.25, 0.3) is 0 Å². The normalized spacial score (nSPS) is 22.9. The van der Waals surface area contributed by atoms with Crippen LogP contribution in [0.15, 0.2) is 18.5 Å². The van der Waals surface area contributed by atoms with E-state index in [1.807, 2.05) is 0 Å². The maximum atomic E-state index is 12.9. The van der Waals surface area contributed by atoms with Crippen LogP contribution in [0.2, 0.25) is 0 Å². The molecule has 2 aromatic rings. The highest BCUT2D eigenvalue weighted by Gasteiger charge is 2.61. The molecule has 0 aromatic carbocycles. The number of ether oxygens (including phenoxy) is 5. The smallest absolute Gasteiger partial charge is 0.323 e. The number of nitriles is 1. The number of nitrogens with zero attached hydrogens (tertiary/aromatic N) is 4. The van der Waals surface area contributed by atoms with Gasteiger partial charge in [-0.1, -0.05) is 27.7 Å². The molecule has 0 bridgehead atoms. The molecule has 236 valence electrons. The number of hydrogen-bond acceptors (Lipinski definition) is 14. The van der Waals surface area contributed by atoms with Crippen LogP contribution < -0.4 is 11.1 Å². The Labute approximate surface area is 249 Å². The number of esters is 3. The summed E-state index contributed by atoms with van der Waals surface area (Å²) in [5.41, 5.74) is 3.69. The van der Waals surface area contributed by atoms with Crippen LogP contribution in [0.5, 0.6) is 0 Å². The van der Waals surface area contributed by atoms with E-state index >= 15 is 0 Å². The van der Waals surface area contributed by atoms with E-state index in [0.29, 0.717) is 11.2 Å². The number of carbonyl (C=O) groups excluding carboxylic acids is 3. The van der Waals surface area contributed by atoms with Crippen molar-refractivity contribution in [1.29, 1.82) is 5.26 Å². The molecule has 3 heterocycles. The molecule has 1 aliphatic heterocycles. The summed E-state index contributed by atoms with van der Waals surface area (Å²) < 4.78 is 30.2. The second kappa shape index (κ2) is 13.6. The molecule has 2 aromatic heterocycles. The van der Waals surface area contributed by atoms with E-state index in [0.717, 1.165) is 0 Å². The first-order chi connectivity index (χ1) is 20.1. The summed E-state index contributed by atoms with van der Waals surface area (Å²) in [4.78, 5) is 41.9. The Bertz CT molecular complexity index is 1350. The monoisotopic (exact) mass is 604 g/mol. The molecule has 5 atom stereocenters. The molecule has 0 unspecified atom stereocenters. The predicted molar refractivity (Wildman–Crippen MR) is 150 cm³/mol. The lowest BCUT2D eigenvalue weighted by Crippen LogP contribution is -2.50. The Kier molecular flexibility index (Phi) is 10.7. The topological polar surface area (TPSA) is 210 Å². The van der Waals surface area contributed by atoms with Crippen LogP contribution in [0.3, 0.4) is 0 Å². The van der Waals surface area contributed by atoms with Crippen LogP contribution in [0.1, 0.15) is 60.3 Å². The van der Waals surface area contributed by atoms with Crippen LogP contribution in [0.4, 0.5) is 5.82 Å². The lowest BCUT2D eigenvalue weighted by molar-refractivity contribution is -0.175. The Morgan fingerprint density at radius 3 is 2.42 bits per heavy atom. The molecule has 3 rings (SSSR count). The zero-order chi connectivity index (χ0) is 32.1. The third kappa shape index (κ3) is 7.96. The van der Waals surface area contributed by atoms with Gasteiger partial charge in [-0.3, -0.25) is 19.7 Å². The Hall–Kier alpha value is -3.84. The predicted octanol–water partition coefficient (Wildman–Crippen LogP) is 1.05. The fourth-order valence-corrected chi connectivity index (χ4v) is 4.10. The summed E-state index contributed by atoms with van der Waals surface area (Å²) in [5, 5.41) is 27.3. The van der Waals surface area contributed by atoms with Gasteiger partial charge in [0.2, 0.25) is 5.60 Å². The fraction of sp³-hybridized carbons (Fsp3) is 0.643. The molecule has 1 saturated heterocycles. The van der Waals surface area contributed by atoms with E-state index in [-0.39, 0.29) is 19.2 Å². The first kappa shape index (κ1) is 33.7. The van der Waals surface area contributed by atoms with Crippen molar-refractivity contribution in [3.8, 4) is 6.07 Å². The maximum Gasteiger partial charge on any atom is 0.323 e. The summed E-state index contributed by atoms with van der Waals surface area (Å²) in [5.74, 6) is -2.80. The Morgan fingerprint density at radius 2 is 1.81 bits per heavy atom. The fourth-order valence-electron chi connectivity index (χ4n) is 4.10. The van der Waals surface area contributed by atoms with Gasteiger partial charge in [-0.05, 0) is 32.9 Å². The molecule has 15 heteroatoms. The molecule has 1 fully saturated rings. The van der Waals surface area contributed by atoms with Gasteiger partial charge in [-0.15, -0.1) is 0 Å². The molecule has 0 aliphatic carbocycles. The van der Waals surface area contributed by atoms with Crippen molar-refractivity contribution in [3.63, 3.8) is 0 Å². The van der Waals surface area contributed by atoms with Gasteiger partial charge in [-0.2, -0.15) is 10.4 Å². The zero-order valence-corrected chi connectivity index (χ0v) is 25.4. The summed E-state index contributed by atoms with van der Waals surface area (Å²) in [7, 11) is 0. The van der Waals surface area contributed by atoms with E-state index in [4.69, 9.17) is 29.4 Å². The molecule has 0 radical (unpaired) electrons. The molecule has 0 spiro atoms. The SMILES string of the molecule is CC(C)C(=O)O[C@H]1[C@H](c2ccc3c(N)ncnn23)O[C@](C#N)(COCN[C@@H](C)C(=O)OCC(C)(C)O)[C@H]1OC(=O)C(C)C. The van der Waals surface area contributed by atoms with Crippen LogP contribution in [-0.2, 0) is 38.1 Å². The van der Waals surface area contributed by atoms with Crippen molar-refractivity contribution in [2.24, 2.45) is 11.8 Å². The highest BCUT2D eigenvalue weighted by Crippen LogP contribution is 2.44. The number of nitrogens with two attached hydrogens (primary N) is 1. The number of nitrogens with one attached hydrogen (secondary N) is 1. The van der Waals surface area contributed by atoms with E-state index < -0.39 is 71.9 Å². The molecule has 0 saturated carbocycles. The average molecular weight is 605 g/mol. The second-order valence-electron chi connectivity index (χ2n) is 11.6. The van der Waals surface area contributed by atoms with E-state index in [9.17, 15) is 24.8 Å². The first-order valence-electron chi connectivity index (χ1n) is 13.9. The van der Waals surface area contributed by atoms with Crippen molar-refractivity contribution in [2.75, 3.05) is 25.7 Å². The van der Waals surface area contributed by atoms with Crippen molar-refractivity contribution < 1.29 is 43.2 Å². The van der Waals surface area contributed by atoms with Crippen LogP contribution in [0, 0.1) is 23.2 Å². The minimum absolute atomic E-state index is 0.189. The van der Waals surface area contributed by atoms with Gasteiger partial charge < -0.3 is 34.5 Å². The molecular weight excluding hydrogens is 564 g/mol. The maximum absolute atomic E-state index is 12.9. The minimum Gasteiger partial charge on any atom is -0.461 e. The third-order valence-electron chi connectivity index (χ3n) is 6.55. The van der Waals surface area contributed by atoms with Gasteiger partial charge in [0.05, 0.1) is 36.5 Å². The summed E-state index contributed by atoms with van der Waals surface area (Å²) in [6.45, 7) is 10.2. The number of carbonyl (C=O) groups is 3. The Morgan fingerprint density at radius 1 is 1.16 bits per heavy atom. The van der Waals surface area contributed by atoms with E-state index in [2.05, 4.69) is 21.5 Å². The number of nitrogen functional groups attached to an aromatic ring is 1. The lowest BCUT2D eigenvalue weighted by Gasteiger charge is -2.29. The largest absolute Gasteiger partial charge is 0.461 e. The zero-order valence-electron chi connectivity index (χ0n) is 25.4. The van der Waals surface area contributed by atoms with Crippen LogP contribution >= 0.6 is 0 Å². The van der Waals surface area contributed by atoms with Crippen molar-refractivity contribution in [3.05, 3.63) is 24.2 Å². The quantitative estimate of drug-likeness (QED) is 0.126. The minimum atomic E-state index is -1.94. The standard InChI is InChI=1S/C28H40N6O9/c1-15(2)24(35)41-21-20(18-8-9-19-23(30)31-13-33-34(18)19)43-28(10-29,22(21)42-25(36)16(3)4)12-39-14-32-17(5)26(37)40-11-27(6,7)38/h8-9,13,15-17,20-22,32,38H,11-12,14H2,1-7H3,(H2,30,31,33)/t17-,20-,21-,22-,28+/m0/s1. The number of aromatic nitrogens is 3. The number of aliphatic hydroxyl groups is 1.